The minimum atomic E-state index is 0.0799. The molecule has 1 amide bonds. The van der Waals surface area contributed by atoms with E-state index in [0.29, 0.717) is 6.04 Å². The molecule has 138 valence electrons. The van der Waals surface area contributed by atoms with Crippen LogP contribution in [0.2, 0.25) is 0 Å². The lowest BCUT2D eigenvalue weighted by Gasteiger charge is -2.20. The molecule has 2 rings (SSSR count). The quantitative estimate of drug-likeness (QED) is 0.417. The Bertz CT molecular complexity index is 418. The van der Waals surface area contributed by atoms with E-state index in [-0.39, 0.29) is 11.8 Å². The van der Waals surface area contributed by atoms with Crippen molar-refractivity contribution in [2.45, 2.75) is 52.5 Å². The first-order valence-electron chi connectivity index (χ1n) is 9.66. The summed E-state index contributed by atoms with van der Waals surface area (Å²) in [5.41, 5.74) is 0. The SMILES string of the molecule is CCNC(=NCCCN1CCCC1)NC1CCN(C(=O)C(C)C)C1. The highest BCUT2D eigenvalue weighted by Crippen LogP contribution is 2.12. The van der Waals surface area contributed by atoms with E-state index in [1.807, 2.05) is 18.7 Å². The van der Waals surface area contributed by atoms with Crippen LogP contribution >= 0.6 is 0 Å². The Kier molecular flexibility index (Phi) is 7.82. The van der Waals surface area contributed by atoms with Gasteiger partial charge < -0.3 is 20.4 Å². The standard InChI is InChI=1S/C18H35N5O/c1-4-19-18(20-9-7-12-22-10-5-6-11-22)21-16-8-13-23(14-16)17(24)15(2)3/h15-16H,4-14H2,1-3H3,(H2,19,20,21). The first-order valence-corrected chi connectivity index (χ1v) is 9.66. The van der Waals surface area contributed by atoms with Crippen molar-refractivity contribution in [3.8, 4) is 0 Å². The first kappa shape index (κ1) is 19.0. The van der Waals surface area contributed by atoms with E-state index in [1.165, 1.54) is 25.9 Å². The van der Waals surface area contributed by atoms with Crippen LogP contribution in [0.4, 0.5) is 0 Å². The van der Waals surface area contributed by atoms with Crippen molar-refractivity contribution >= 4 is 11.9 Å². The van der Waals surface area contributed by atoms with E-state index in [9.17, 15) is 4.79 Å². The molecule has 0 saturated carbocycles. The molecule has 0 aromatic carbocycles. The fraction of sp³-hybridized carbons (Fsp3) is 0.889. The molecule has 24 heavy (non-hydrogen) atoms. The molecule has 2 aliphatic rings. The molecule has 6 nitrogen and oxygen atoms in total. The molecule has 1 atom stereocenters. The van der Waals surface area contributed by atoms with Crippen molar-refractivity contribution in [2.24, 2.45) is 10.9 Å². The highest BCUT2D eigenvalue weighted by molar-refractivity contribution is 5.81. The van der Waals surface area contributed by atoms with Crippen molar-refractivity contribution in [2.75, 3.05) is 45.8 Å². The molecule has 6 heteroatoms. The molecule has 0 spiro atoms. The topological polar surface area (TPSA) is 60.0 Å². The van der Waals surface area contributed by atoms with Crippen molar-refractivity contribution in [3.05, 3.63) is 0 Å². The zero-order chi connectivity index (χ0) is 17.4. The van der Waals surface area contributed by atoms with Gasteiger partial charge in [0.25, 0.3) is 0 Å². The largest absolute Gasteiger partial charge is 0.357 e. The fourth-order valence-electron chi connectivity index (χ4n) is 3.45. The lowest BCUT2D eigenvalue weighted by molar-refractivity contribution is -0.133. The molecule has 0 radical (unpaired) electrons. The van der Waals surface area contributed by atoms with Gasteiger partial charge in [-0.05, 0) is 52.2 Å². The number of nitrogens with one attached hydrogen (secondary N) is 2. The molecule has 0 aromatic heterocycles. The molecule has 2 saturated heterocycles. The molecule has 0 bridgehead atoms. The predicted molar refractivity (Wildman–Crippen MR) is 99.2 cm³/mol. The van der Waals surface area contributed by atoms with Crippen LogP contribution in [0.25, 0.3) is 0 Å². The molecule has 0 aromatic rings. The van der Waals surface area contributed by atoms with E-state index in [0.717, 1.165) is 51.5 Å². The van der Waals surface area contributed by atoms with Crippen LogP contribution in [-0.4, -0.2) is 73.5 Å². The first-order chi connectivity index (χ1) is 11.6. The van der Waals surface area contributed by atoms with Crippen molar-refractivity contribution < 1.29 is 4.79 Å². The van der Waals surface area contributed by atoms with Gasteiger partial charge >= 0.3 is 0 Å². The van der Waals surface area contributed by atoms with Gasteiger partial charge in [-0.15, -0.1) is 0 Å². The van der Waals surface area contributed by atoms with E-state index >= 15 is 0 Å². The maximum Gasteiger partial charge on any atom is 0.225 e. The molecule has 2 heterocycles. The number of hydrogen-bond donors (Lipinski definition) is 2. The summed E-state index contributed by atoms with van der Waals surface area (Å²) in [6.07, 6.45) is 4.80. The molecule has 1 unspecified atom stereocenters. The lowest BCUT2D eigenvalue weighted by atomic mass is 10.2. The number of amides is 1. The Hall–Kier alpha value is -1.30. The summed E-state index contributed by atoms with van der Waals surface area (Å²) in [5, 5.41) is 6.83. The Morgan fingerprint density at radius 1 is 1.25 bits per heavy atom. The summed E-state index contributed by atoms with van der Waals surface area (Å²) in [5.74, 6) is 1.23. The third-order valence-corrected chi connectivity index (χ3v) is 4.78. The number of carbonyl (C=O) groups is 1. The van der Waals surface area contributed by atoms with E-state index in [4.69, 9.17) is 4.99 Å². The second-order valence-corrected chi connectivity index (χ2v) is 7.23. The second-order valence-electron chi connectivity index (χ2n) is 7.23. The van der Waals surface area contributed by atoms with Crippen LogP contribution in [0.3, 0.4) is 0 Å². The van der Waals surface area contributed by atoms with Crippen molar-refractivity contribution in [1.29, 1.82) is 0 Å². The van der Waals surface area contributed by atoms with Gasteiger partial charge in [0, 0.05) is 38.1 Å². The van der Waals surface area contributed by atoms with Gasteiger partial charge in [-0.2, -0.15) is 0 Å². The highest BCUT2D eigenvalue weighted by atomic mass is 16.2. The minimum absolute atomic E-state index is 0.0799. The fourth-order valence-corrected chi connectivity index (χ4v) is 3.45. The van der Waals surface area contributed by atoms with Gasteiger partial charge in [-0.1, -0.05) is 13.8 Å². The summed E-state index contributed by atoms with van der Waals surface area (Å²) < 4.78 is 0. The zero-order valence-electron chi connectivity index (χ0n) is 15.7. The normalized spacial score (nSPS) is 22.4. The third-order valence-electron chi connectivity index (χ3n) is 4.78. The molecule has 2 N–H and O–H groups in total. The predicted octanol–water partition coefficient (Wildman–Crippen LogP) is 1.28. The number of hydrogen-bond acceptors (Lipinski definition) is 3. The van der Waals surface area contributed by atoms with Crippen molar-refractivity contribution in [1.82, 2.24) is 20.4 Å². The summed E-state index contributed by atoms with van der Waals surface area (Å²) in [7, 11) is 0. The van der Waals surface area contributed by atoms with E-state index in [2.05, 4.69) is 22.5 Å². The van der Waals surface area contributed by atoms with Gasteiger partial charge in [0.15, 0.2) is 5.96 Å². The highest BCUT2D eigenvalue weighted by Gasteiger charge is 2.27. The van der Waals surface area contributed by atoms with Crippen LogP contribution in [-0.2, 0) is 4.79 Å². The van der Waals surface area contributed by atoms with Gasteiger partial charge in [-0.3, -0.25) is 9.79 Å². The maximum absolute atomic E-state index is 12.1. The number of likely N-dealkylation sites (tertiary alicyclic amines) is 2. The molecule has 2 aliphatic heterocycles. The Morgan fingerprint density at radius 3 is 2.67 bits per heavy atom. The van der Waals surface area contributed by atoms with E-state index < -0.39 is 0 Å². The van der Waals surface area contributed by atoms with Gasteiger partial charge in [0.2, 0.25) is 5.91 Å². The zero-order valence-corrected chi connectivity index (χ0v) is 15.7. The number of guanidine groups is 1. The Balaban J connectivity index is 1.73. The summed E-state index contributed by atoms with van der Waals surface area (Å²) >= 11 is 0. The number of nitrogens with zero attached hydrogens (tertiary/aromatic N) is 3. The lowest BCUT2D eigenvalue weighted by Crippen LogP contribution is -2.45. The summed E-state index contributed by atoms with van der Waals surface area (Å²) in [6, 6.07) is 0.309. The smallest absolute Gasteiger partial charge is 0.225 e. The summed E-state index contributed by atoms with van der Waals surface area (Å²) in [4.78, 5) is 21.3. The van der Waals surface area contributed by atoms with Crippen molar-refractivity contribution in [3.63, 3.8) is 0 Å². The Morgan fingerprint density at radius 2 is 2.00 bits per heavy atom. The Labute approximate surface area is 147 Å². The number of aliphatic imine (C=N–C) groups is 1. The monoisotopic (exact) mass is 337 g/mol. The average Bonchev–Trinajstić information content (AvgIpc) is 3.22. The molecular formula is C18H35N5O. The maximum atomic E-state index is 12.1. The molecule has 2 fully saturated rings. The molecule has 0 aliphatic carbocycles. The van der Waals surface area contributed by atoms with Gasteiger partial charge in [0.1, 0.15) is 0 Å². The van der Waals surface area contributed by atoms with Crippen LogP contribution in [0.5, 0.6) is 0 Å². The third kappa shape index (κ3) is 5.96. The van der Waals surface area contributed by atoms with Crippen LogP contribution < -0.4 is 10.6 Å². The minimum Gasteiger partial charge on any atom is -0.357 e. The molecular weight excluding hydrogens is 302 g/mol. The summed E-state index contributed by atoms with van der Waals surface area (Å²) in [6.45, 7) is 13.0. The second kappa shape index (κ2) is 9.87. The average molecular weight is 338 g/mol. The van der Waals surface area contributed by atoms with E-state index in [1.54, 1.807) is 0 Å². The van der Waals surface area contributed by atoms with Crippen LogP contribution in [0, 0.1) is 5.92 Å². The van der Waals surface area contributed by atoms with Gasteiger partial charge in [-0.25, -0.2) is 0 Å². The van der Waals surface area contributed by atoms with Gasteiger partial charge in [0.05, 0.1) is 0 Å². The van der Waals surface area contributed by atoms with Crippen LogP contribution in [0.15, 0.2) is 4.99 Å². The number of rotatable bonds is 7. The number of carbonyl (C=O) groups excluding carboxylic acids is 1. The van der Waals surface area contributed by atoms with Crippen LogP contribution in [0.1, 0.15) is 46.5 Å².